The molecule has 6 nitrogen and oxygen atoms in total. The van der Waals surface area contributed by atoms with Crippen LogP contribution in [0.3, 0.4) is 0 Å². The Morgan fingerprint density at radius 3 is 2.30 bits per heavy atom. The van der Waals surface area contributed by atoms with Crippen molar-refractivity contribution in [2.24, 2.45) is 0 Å². The van der Waals surface area contributed by atoms with Crippen LogP contribution in [-0.2, 0) is 12.8 Å². The molecule has 1 N–H and O–H groups in total. The molecule has 0 unspecified atom stereocenters. The highest BCUT2D eigenvalue weighted by Crippen LogP contribution is 2.38. The van der Waals surface area contributed by atoms with E-state index in [-0.39, 0.29) is 39.8 Å². The van der Waals surface area contributed by atoms with Crippen molar-refractivity contribution in [3.8, 4) is 16.9 Å². The number of anilines is 1. The Kier molecular flexibility index (Phi) is 6.15. The molecule has 0 atom stereocenters. The van der Waals surface area contributed by atoms with Gasteiger partial charge in [0.1, 0.15) is 17.9 Å². The summed E-state index contributed by atoms with van der Waals surface area (Å²) in [5, 5.41) is 19.4. The molecular weight excluding hydrogens is 507 g/mol. The fourth-order valence-corrected chi connectivity index (χ4v) is 3.49. The van der Waals surface area contributed by atoms with Gasteiger partial charge in [-0.2, -0.15) is 13.2 Å². The number of alkyl halides is 3. The van der Waals surface area contributed by atoms with Gasteiger partial charge in [0.05, 0.1) is 16.6 Å². The van der Waals surface area contributed by atoms with E-state index in [4.69, 9.17) is 14.4 Å². The Bertz CT molecular complexity index is 1350. The van der Waals surface area contributed by atoms with Gasteiger partial charge in [0.15, 0.2) is 0 Å². The molecule has 0 spiro atoms. The third-order valence-electron chi connectivity index (χ3n) is 4.82. The van der Waals surface area contributed by atoms with Gasteiger partial charge in [-0.3, -0.25) is 10.0 Å². The van der Waals surface area contributed by atoms with E-state index in [1.165, 1.54) is 54.6 Å². The second-order valence-electron chi connectivity index (χ2n) is 7.03. The lowest BCUT2D eigenvalue weighted by Crippen LogP contribution is -2.16. The number of nitrogens with zero attached hydrogens (tertiary/aromatic N) is 1. The molecule has 1 heterocycles. The highest BCUT2D eigenvalue weighted by atomic mass is 79.9. The van der Waals surface area contributed by atoms with Gasteiger partial charge in [-0.25, -0.2) is 0 Å². The minimum Gasteiger partial charge on any atom is -0.733 e. The Morgan fingerprint density at radius 1 is 1.03 bits per heavy atom. The van der Waals surface area contributed by atoms with Crippen LogP contribution in [0, 0.1) is 5.21 Å². The first-order chi connectivity index (χ1) is 15.6. The number of rotatable bonds is 5. The summed E-state index contributed by atoms with van der Waals surface area (Å²) in [5.41, 5.74) is -0.865. The van der Waals surface area contributed by atoms with Crippen molar-refractivity contribution in [3.63, 3.8) is 0 Å². The second kappa shape index (κ2) is 8.89. The summed E-state index contributed by atoms with van der Waals surface area (Å²) in [4.78, 5) is 13.0. The largest absolute Gasteiger partial charge is 0.733 e. The third-order valence-corrected chi connectivity index (χ3v) is 5.35. The van der Waals surface area contributed by atoms with E-state index >= 15 is 0 Å². The van der Waals surface area contributed by atoms with Crippen molar-refractivity contribution in [1.82, 2.24) is 0 Å². The van der Waals surface area contributed by atoms with Gasteiger partial charge in [-0.05, 0) is 47.5 Å². The standard InChI is InChI=1S/C23H14BrF3NO5/c24-15-5-3-14(4-6-15)20-21(29)18-10-9-17(11-19(18)33-22(20)23(25,26)27)32-12-13-1-7-16(8-2-13)28(30)31/h1-11,30H,12H2/q-1. The van der Waals surface area contributed by atoms with Crippen LogP contribution in [0.25, 0.3) is 22.1 Å². The van der Waals surface area contributed by atoms with Crippen molar-refractivity contribution in [2.75, 3.05) is 5.23 Å². The van der Waals surface area contributed by atoms with Gasteiger partial charge in [0.2, 0.25) is 11.2 Å². The molecule has 0 saturated carbocycles. The van der Waals surface area contributed by atoms with Crippen molar-refractivity contribution < 1.29 is 27.5 Å². The van der Waals surface area contributed by atoms with E-state index in [9.17, 15) is 23.2 Å². The normalized spacial score (nSPS) is 11.6. The van der Waals surface area contributed by atoms with Gasteiger partial charge in [0, 0.05) is 10.5 Å². The number of hydrogen-bond donors (Lipinski definition) is 1. The molecule has 0 radical (unpaired) electrons. The maximum atomic E-state index is 13.8. The van der Waals surface area contributed by atoms with E-state index in [0.717, 1.165) is 0 Å². The first kappa shape index (κ1) is 22.8. The molecule has 0 fully saturated rings. The van der Waals surface area contributed by atoms with Crippen LogP contribution in [0.4, 0.5) is 18.9 Å². The topological polar surface area (TPSA) is 86.0 Å². The zero-order valence-electron chi connectivity index (χ0n) is 16.6. The van der Waals surface area contributed by atoms with Crippen LogP contribution >= 0.6 is 15.9 Å². The molecular formula is C23H14BrF3NO5-. The summed E-state index contributed by atoms with van der Waals surface area (Å²) >= 11 is 3.22. The lowest BCUT2D eigenvalue weighted by atomic mass is 10.0. The maximum absolute atomic E-state index is 13.8. The minimum absolute atomic E-state index is 0.0175. The first-order valence-corrected chi connectivity index (χ1v) is 10.2. The SMILES string of the molecule is O=c1c(-c2ccc(Br)cc2)c(C(F)(F)F)oc2cc(OCc3ccc(N([O-])O)cc3)ccc12. The quantitative estimate of drug-likeness (QED) is 0.301. The highest BCUT2D eigenvalue weighted by molar-refractivity contribution is 9.10. The number of ether oxygens (including phenoxy) is 1. The van der Waals surface area contributed by atoms with Crippen LogP contribution in [-0.4, -0.2) is 5.21 Å². The predicted octanol–water partition coefficient (Wildman–Crippen LogP) is 6.51. The molecule has 0 amide bonds. The third kappa shape index (κ3) is 4.87. The number of hydrogen-bond acceptors (Lipinski definition) is 6. The molecule has 1 aromatic heterocycles. The van der Waals surface area contributed by atoms with Crippen LogP contribution < -0.4 is 15.4 Å². The van der Waals surface area contributed by atoms with Gasteiger partial charge in [-0.15, -0.1) is 0 Å². The Labute approximate surface area is 193 Å². The van der Waals surface area contributed by atoms with Gasteiger partial charge in [0.25, 0.3) is 0 Å². The fourth-order valence-electron chi connectivity index (χ4n) is 3.23. The van der Waals surface area contributed by atoms with Gasteiger partial charge < -0.3 is 19.6 Å². The molecule has 0 aliphatic heterocycles. The molecule has 0 aliphatic carbocycles. The molecule has 0 saturated heterocycles. The molecule has 3 aromatic carbocycles. The summed E-state index contributed by atoms with van der Waals surface area (Å²) in [7, 11) is 0. The second-order valence-corrected chi connectivity index (χ2v) is 7.94. The fraction of sp³-hybridized carbons (Fsp3) is 0.0870. The lowest BCUT2D eigenvalue weighted by molar-refractivity contribution is -0.152. The lowest BCUT2D eigenvalue weighted by Gasteiger charge is -2.21. The summed E-state index contributed by atoms with van der Waals surface area (Å²) < 4.78 is 52.7. The summed E-state index contributed by atoms with van der Waals surface area (Å²) in [6.45, 7) is 0.0312. The van der Waals surface area contributed by atoms with Crippen molar-refractivity contribution in [1.29, 1.82) is 0 Å². The van der Waals surface area contributed by atoms with Crippen LogP contribution in [0.2, 0.25) is 0 Å². The summed E-state index contributed by atoms with van der Waals surface area (Å²) in [6.07, 6.45) is -4.89. The minimum atomic E-state index is -4.89. The molecule has 33 heavy (non-hydrogen) atoms. The molecule has 4 rings (SSSR count). The van der Waals surface area contributed by atoms with E-state index in [2.05, 4.69) is 15.9 Å². The van der Waals surface area contributed by atoms with Crippen molar-refractivity contribution >= 4 is 32.6 Å². The molecule has 4 aromatic rings. The Hall–Kier alpha value is -3.34. The van der Waals surface area contributed by atoms with Crippen molar-refractivity contribution in [2.45, 2.75) is 12.8 Å². The maximum Gasteiger partial charge on any atom is 0.450 e. The molecule has 170 valence electrons. The van der Waals surface area contributed by atoms with E-state index in [0.29, 0.717) is 10.0 Å². The monoisotopic (exact) mass is 520 g/mol. The molecule has 0 bridgehead atoms. The number of halogens is 4. The number of fused-ring (bicyclic) bond motifs is 1. The highest BCUT2D eigenvalue weighted by Gasteiger charge is 2.39. The first-order valence-electron chi connectivity index (χ1n) is 9.45. The smallest absolute Gasteiger partial charge is 0.450 e. The van der Waals surface area contributed by atoms with E-state index in [1.807, 2.05) is 0 Å². The molecule has 0 aliphatic rings. The Balaban J connectivity index is 1.71. The van der Waals surface area contributed by atoms with Crippen LogP contribution in [0.1, 0.15) is 11.3 Å². The van der Waals surface area contributed by atoms with Gasteiger partial charge in [-0.1, -0.05) is 40.2 Å². The molecule has 10 heteroatoms. The average Bonchev–Trinajstić information content (AvgIpc) is 2.78. The van der Waals surface area contributed by atoms with Crippen molar-refractivity contribution in [3.05, 3.63) is 98.0 Å². The summed E-state index contributed by atoms with van der Waals surface area (Å²) in [5.74, 6) is -1.20. The number of benzene rings is 3. The predicted molar refractivity (Wildman–Crippen MR) is 119 cm³/mol. The van der Waals surface area contributed by atoms with Crippen LogP contribution in [0.5, 0.6) is 5.75 Å². The van der Waals surface area contributed by atoms with Crippen LogP contribution in [0.15, 0.2) is 80.4 Å². The zero-order chi connectivity index (χ0) is 23.8. The summed E-state index contributed by atoms with van der Waals surface area (Å²) in [6, 6.07) is 15.8. The van der Waals surface area contributed by atoms with Gasteiger partial charge >= 0.3 is 6.18 Å². The van der Waals surface area contributed by atoms with E-state index < -0.39 is 22.9 Å². The zero-order valence-corrected chi connectivity index (χ0v) is 18.2. The Morgan fingerprint density at radius 2 is 1.70 bits per heavy atom. The average molecular weight is 521 g/mol. The van der Waals surface area contributed by atoms with E-state index in [1.54, 1.807) is 12.1 Å².